The Morgan fingerprint density at radius 2 is 2.23 bits per heavy atom. The van der Waals surface area contributed by atoms with E-state index in [4.69, 9.17) is 15.2 Å². The fraction of sp³-hybridized carbons (Fsp3) is 0.588. The lowest BCUT2D eigenvalue weighted by atomic mass is 10.0. The second-order valence-corrected chi connectivity index (χ2v) is 6.00. The van der Waals surface area contributed by atoms with E-state index < -0.39 is 0 Å². The summed E-state index contributed by atoms with van der Waals surface area (Å²) in [6.45, 7) is 8.67. The predicted octanol–water partition coefficient (Wildman–Crippen LogP) is 2.01. The molecule has 0 aliphatic carbocycles. The molecule has 1 heterocycles. The van der Waals surface area contributed by atoms with Gasteiger partial charge in [-0.15, -0.1) is 0 Å². The highest BCUT2D eigenvalue weighted by Gasteiger charge is 2.23. The minimum Gasteiger partial charge on any atom is -0.494 e. The predicted molar refractivity (Wildman–Crippen MR) is 86.1 cm³/mol. The number of benzene rings is 1. The maximum atomic E-state index is 12.0. The summed E-state index contributed by atoms with van der Waals surface area (Å²) in [6, 6.07) is 3.83. The first kappa shape index (κ1) is 16.6. The van der Waals surface area contributed by atoms with Gasteiger partial charge in [0, 0.05) is 36.1 Å². The van der Waals surface area contributed by atoms with Crippen LogP contribution in [0.2, 0.25) is 0 Å². The smallest absolute Gasteiger partial charge is 0.224 e. The van der Waals surface area contributed by atoms with Crippen LogP contribution in [0.3, 0.4) is 0 Å². The molecule has 22 heavy (non-hydrogen) atoms. The highest BCUT2D eigenvalue weighted by molar-refractivity contribution is 5.79. The van der Waals surface area contributed by atoms with Crippen LogP contribution in [0.4, 0.5) is 0 Å². The van der Waals surface area contributed by atoms with Crippen molar-refractivity contribution < 1.29 is 14.3 Å². The van der Waals surface area contributed by atoms with E-state index in [0.717, 1.165) is 29.0 Å². The van der Waals surface area contributed by atoms with E-state index in [9.17, 15) is 4.79 Å². The normalized spacial score (nSPS) is 19.0. The number of hydrogen-bond acceptors (Lipinski definition) is 4. The zero-order valence-corrected chi connectivity index (χ0v) is 13.8. The van der Waals surface area contributed by atoms with Gasteiger partial charge in [-0.2, -0.15) is 0 Å². The van der Waals surface area contributed by atoms with Gasteiger partial charge in [0.1, 0.15) is 17.6 Å². The highest BCUT2D eigenvalue weighted by atomic mass is 16.5. The minimum absolute atomic E-state index is 0.0489. The van der Waals surface area contributed by atoms with Crippen LogP contribution in [0.25, 0.3) is 0 Å². The molecule has 0 aromatic heterocycles. The van der Waals surface area contributed by atoms with Crippen LogP contribution < -0.4 is 20.5 Å². The maximum absolute atomic E-state index is 12.0. The van der Waals surface area contributed by atoms with Gasteiger partial charge in [0.2, 0.25) is 5.91 Å². The molecule has 1 amide bonds. The number of nitrogens with two attached hydrogens (primary N) is 1. The molecule has 122 valence electrons. The molecule has 0 fully saturated rings. The van der Waals surface area contributed by atoms with Crippen LogP contribution in [-0.2, 0) is 17.8 Å². The Morgan fingerprint density at radius 1 is 1.50 bits per heavy atom. The number of carbonyl (C=O) groups excluding carboxylic acids is 1. The maximum Gasteiger partial charge on any atom is 0.224 e. The van der Waals surface area contributed by atoms with E-state index in [2.05, 4.69) is 5.32 Å². The lowest BCUT2D eigenvalue weighted by Crippen LogP contribution is -2.38. The fourth-order valence-electron chi connectivity index (χ4n) is 2.49. The van der Waals surface area contributed by atoms with E-state index in [-0.39, 0.29) is 24.0 Å². The summed E-state index contributed by atoms with van der Waals surface area (Å²) in [5, 5.41) is 2.93. The summed E-state index contributed by atoms with van der Waals surface area (Å²) in [5.74, 6) is 1.43. The van der Waals surface area contributed by atoms with Crippen molar-refractivity contribution in [2.75, 3.05) is 6.61 Å². The quantitative estimate of drug-likeness (QED) is 0.843. The third kappa shape index (κ3) is 3.71. The SMILES string of the molecule is CCOc1cc2c(cc1CNC(=O)C(C)C(C)N)OC(C)C2. The van der Waals surface area contributed by atoms with Crippen LogP contribution in [0.1, 0.15) is 38.8 Å². The van der Waals surface area contributed by atoms with Gasteiger partial charge >= 0.3 is 0 Å². The second kappa shape index (κ2) is 7.01. The zero-order valence-electron chi connectivity index (χ0n) is 13.8. The van der Waals surface area contributed by atoms with Crippen LogP contribution in [0.15, 0.2) is 12.1 Å². The van der Waals surface area contributed by atoms with Gasteiger partial charge in [-0.05, 0) is 32.9 Å². The third-order valence-corrected chi connectivity index (χ3v) is 4.03. The average molecular weight is 306 g/mol. The van der Waals surface area contributed by atoms with Crippen LogP contribution in [-0.4, -0.2) is 24.7 Å². The molecule has 3 atom stereocenters. The van der Waals surface area contributed by atoms with E-state index in [0.29, 0.717) is 13.2 Å². The van der Waals surface area contributed by atoms with Crippen molar-refractivity contribution in [1.82, 2.24) is 5.32 Å². The van der Waals surface area contributed by atoms with Gasteiger partial charge in [0.15, 0.2) is 0 Å². The molecular weight excluding hydrogens is 280 g/mol. The van der Waals surface area contributed by atoms with Crippen molar-refractivity contribution in [2.24, 2.45) is 11.7 Å². The first-order valence-electron chi connectivity index (χ1n) is 7.90. The monoisotopic (exact) mass is 306 g/mol. The molecule has 0 radical (unpaired) electrons. The molecule has 5 nitrogen and oxygen atoms in total. The van der Waals surface area contributed by atoms with Gasteiger partial charge in [-0.1, -0.05) is 6.92 Å². The standard InChI is InChI=1S/C17H26N2O3/c1-5-21-15-7-13-6-10(2)22-16(13)8-14(15)9-19-17(20)11(3)12(4)18/h7-8,10-12H,5-6,9,18H2,1-4H3,(H,19,20). The second-order valence-electron chi connectivity index (χ2n) is 6.00. The molecule has 1 aliphatic rings. The van der Waals surface area contributed by atoms with Crippen molar-refractivity contribution in [1.29, 1.82) is 0 Å². The molecule has 0 saturated carbocycles. The number of ether oxygens (including phenoxy) is 2. The molecule has 0 spiro atoms. The number of rotatable bonds is 6. The van der Waals surface area contributed by atoms with Gasteiger partial charge in [-0.3, -0.25) is 4.79 Å². The minimum atomic E-state index is -0.221. The Bertz CT molecular complexity index is 543. The molecule has 1 aliphatic heterocycles. The van der Waals surface area contributed by atoms with Gasteiger partial charge in [0.25, 0.3) is 0 Å². The summed E-state index contributed by atoms with van der Waals surface area (Å²) in [7, 11) is 0. The van der Waals surface area contributed by atoms with E-state index in [1.165, 1.54) is 0 Å². The van der Waals surface area contributed by atoms with Gasteiger partial charge in [0.05, 0.1) is 6.61 Å². The Hall–Kier alpha value is -1.75. The van der Waals surface area contributed by atoms with Crippen molar-refractivity contribution in [2.45, 2.75) is 52.8 Å². The van der Waals surface area contributed by atoms with Crippen LogP contribution in [0, 0.1) is 5.92 Å². The number of carbonyl (C=O) groups is 1. The molecule has 1 aromatic carbocycles. The largest absolute Gasteiger partial charge is 0.494 e. The summed E-state index contributed by atoms with van der Waals surface area (Å²) in [5.41, 5.74) is 7.86. The molecular formula is C17H26N2O3. The van der Waals surface area contributed by atoms with E-state index in [1.54, 1.807) is 0 Å². The van der Waals surface area contributed by atoms with Crippen molar-refractivity contribution in [3.8, 4) is 11.5 Å². The summed E-state index contributed by atoms with van der Waals surface area (Å²) >= 11 is 0. The first-order valence-corrected chi connectivity index (χ1v) is 7.90. The van der Waals surface area contributed by atoms with Crippen LogP contribution >= 0.6 is 0 Å². The summed E-state index contributed by atoms with van der Waals surface area (Å²) in [6.07, 6.45) is 1.08. The lowest BCUT2D eigenvalue weighted by Gasteiger charge is -2.17. The van der Waals surface area contributed by atoms with Crippen LogP contribution in [0.5, 0.6) is 11.5 Å². The van der Waals surface area contributed by atoms with Crippen molar-refractivity contribution in [3.05, 3.63) is 23.3 Å². The Labute approximate surface area is 132 Å². The summed E-state index contributed by atoms with van der Waals surface area (Å²) < 4.78 is 11.5. The Balaban J connectivity index is 2.13. The number of nitrogens with one attached hydrogen (secondary N) is 1. The average Bonchev–Trinajstić information content (AvgIpc) is 2.82. The molecule has 5 heteroatoms. The Kier molecular flexibility index (Phi) is 5.29. The highest BCUT2D eigenvalue weighted by Crippen LogP contribution is 2.35. The van der Waals surface area contributed by atoms with Gasteiger partial charge in [-0.25, -0.2) is 0 Å². The summed E-state index contributed by atoms with van der Waals surface area (Å²) in [4.78, 5) is 12.0. The van der Waals surface area contributed by atoms with E-state index >= 15 is 0 Å². The zero-order chi connectivity index (χ0) is 16.3. The number of hydrogen-bond donors (Lipinski definition) is 2. The molecule has 0 saturated heterocycles. The molecule has 3 N–H and O–H groups in total. The van der Waals surface area contributed by atoms with Crippen molar-refractivity contribution >= 4 is 5.91 Å². The molecule has 0 bridgehead atoms. The molecule has 1 aromatic rings. The van der Waals surface area contributed by atoms with E-state index in [1.807, 2.05) is 39.8 Å². The molecule has 2 rings (SSSR count). The number of amides is 1. The molecule has 3 unspecified atom stereocenters. The first-order chi connectivity index (χ1) is 10.4. The fourth-order valence-corrected chi connectivity index (χ4v) is 2.49. The number of fused-ring (bicyclic) bond motifs is 1. The third-order valence-electron chi connectivity index (χ3n) is 4.03. The Morgan fingerprint density at radius 3 is 2.86 bits per heavy atom. The van der Waals surface area contributed by atoms with Gasteiger partial charge < -0.3 is 20.5 Å². The van der Waals surface area contributed by atoms with Crippen molar-refractivity contribution in [3.63, 3.8) is 0 Å². The topological polar surface area (TPSA) is 73.6 Å². The lowest BCUT2D eigenvalue weighted by molar-refractivity contribution is -0.125.